The lowest BCUT2D eigenvalue weighted by atomic mass is 10.0. The van der Waals surface area contributed by atoms with Gasteiger partial charge in [0.2, 0.25) is 11.8 Å². The molecule has 2 aliphatic heterocycles. The summed E-state index contributed by atoms with van der Waals surface area (Å²) in [7, 11) is 0. The molecule has 2 aromatic carbocycles. The SMILES string of the molecule is CC(C)[C@H](N)C(=O)N1CCN2C(=O)c3cc(-c4ccc(Cl)cc4F)ccc3NC(=O)C2C1. The van der Waals surface area contributed by atoms with Crippen molar-refractivity contribution in [1.29, 1.82) is 0 Å². The summed E-state index contributed by atoms with van der Waals surface area (Å²) in [5.74, 6) is -1.50. The molecule has 1 fully saturated rings. The van der Waals surface area contributed by atoms with E-state index in [2.05, 4.69) is 5.32 Å². The lowest BCUT2D eigenvalue weighted by molar-refractivity contribution is -0.137. The first-order valence-corrected chi connectivity index (χ1v) is 10.8. The molecule has 168 valence electrons. The van der Waals surface area contributed by atoms with Crippen LogP contribution in [0.4, 0.5) is 10.1 Å². The number of benzene rings is 2. The number of anilines is 1. The first-order chi connectivity index (χ1) is 15.2. The predicted molar refractivity (Wildman–Crippen MR) is 120 cm³/mol. The molecule has 0 saturated carbocycles. The second-order valence-corrected chi connectivity index (χ2v) is 8.88. The number of fused-ring (bicyclic) bond motifs is 2. The maximum absolute atomic E-state index is 14.4. The third-order valence-corrected chi connectivity index (χ3v) is 6.24. The number of rotatable bonds is 3. The summed E-state index contributed by atoms with van der Waals surface area (Å²) in [6, 6.07) is 7.63. The highest BCUT2D eigenvalue weighted by atomic mass is 35.5. The number of halogens is 2. The quantitative estimate of drug-likeness (QED) is 0.739. The van der Waals surface area contributed by atoms with Gasteiger partial charge in [-0.3, -0.25) is 14.4 Å². The molecule has 4 rings (SSSR count). The highest BCUT2D eigenvalue weighted by Gasteiger charge is 2.41. The summed E-state index contributed by atoms with van der Waals surface area (Å²) in [4.78, 5) is 42.0. The average molecular weight is 459 g/mol. The minimum absolute atomic E-state index is 0.0407. The molecule has 0 radical (unpaired) electrons. The summed E-state index contributed by atoms with van der Waals surface area (Å²) in [5, 5.41) is 3.06. The Bertz CT molecular complexity index is 1110. The number of piperazine rings is 1. The Hall–Kier alpha value is -2.97. The fourth-order valence-corrected chi connectivity index (χ4v) is 4.20. The first kappa shape index (κ1) is 22.2. The van der Waals surface area contributed by atoms with Gasteiger partial charge in [-0.05, 0) is 41.8 Å². The van der Waals surface area contributed by atoms with Crippen molar-refractivity contribution >= 4 is 35.0 Å². The van der Waals surface area contributed by atoms with E-state index in [1.807, 2.05) is 13.8 Å². The fraction of sp³-hybridized carbons (Fsp3) is 0.348. The summed E-state index contributed by atoms with van der Waals surface area (Å²) in [6.07, 6.45) is 0. The number of carbonyl (C=O) groups excluding carboxylic acids is 3. The lowest BCUT2D eigenvalue weighted by Crippen LogP contribution is -2.61. The van der Waals surface area contributed by atoms with Crippen LogP contribution in [0, 0.1) is 11.7 Å². The molecule has 3 N–H and O–H groups in total. The van der Waals surface area contributed by atoms with Crippen molar-refractivity contribution in [2.75, 3.05) is 25.0 Å². The normalized spacial score (nSPS) is 19.2. The van der Waals surface area contributed by atoms with Gasteiger partial charge >= 0.3 is 0 Å². The topological polar surface area (TPSA) is 95.7 Å². The summed E-state index contributed by atoms with van der Waals surface area (Å²) >= 11 is 5.84. The molecule has 1 unspecified atom stereocenters. The zero-order valence-electron chi connectivity index (χ0n) is 17.8. The van der Waals surface area contributed by atoms with Gasteiger partial charge in [-0.25, -0.2) is 4.39 Å². The van der Waals surface area contributed by atoms with E-state index in [4.69, 9.17) is 17.3 Å². The van der Waals surface area contributed by atoms with Crippen molar-refractivity contribution in [3.8, 4) is 11.1 Å². The smallest absolute Gasteiger partial charge is 0.256 e. The van der Waals surface area contributed by atoms with Crippen LogP contribution < -0.4 is 11.1 Å². The van der Waals surface area contributed by atoms with Crippen molar-refractivity contribution in [2.24, 2.45) is 11.7 Å². The number of nitrogens with one attached hydrogen (secondary N) is 1. The largest absolute Gasteiger partial charge is 0.337 e. The standard InChI is InChI=1S/C23H24ClFN4O3/c1-12(2)20(26)23(32)28-7-8-29-19(11-28)21(30)27-18-6-3-13(9-16(18)22(29)31)15-5-4-14(24)10-17(15)25/h3-6,9-10,12,19-20H,7-8,11,26H2,1-2H3,(H,27,30)/t19?,20-/m0/s1. The van der Waals surface area contributed by atoms with Crippen LogP contribution in [0.5, 0.6) is 0 Å². The number of nitrogens with two attached hydrogens (primary N) is 1. The van der Waals surface area contributed by atoms with E-state index in [1.165, 1.54) is 11.0 Å². The van der Waals surface area contributed by atoms with Gasteiger partial charge in [0.05, 0.1) is 23.8 Å². The number of carbonyl (C=O) groups is 3. The van der Waals surface area contributed by atoms with Crippen molar-refractivity contribution in [3.63, 3.8) is 0 Å². The molecule has 2 aromatic rings. The third kappa shape index (κ3) is 3.96. The maximum atomic E-state index is 14.4. The molecule has 7 nitrogen and oxygen atoms in total. The molecule has 32 heavy (non-hydrogen) atoms. The maximum Gasteiger partial charge on any atom is 0.256 e. The summed E-state index contributed by atoms with van der Waals surface area (Å²) in [6.45, 7) is 4.28. The van der Waals surface area contributed by atoms with Crippen LogP contribution >= 0.6 is 11.6 Å². The Balaban J connectivity index is 1.64. The third-order valence-electron chi connectivity index (χ3n) is 6.01. The van der Waals surface area contributed by atoms with Crippen LogP contribution in [0.3, 0.4) is 0 Å². The van der Waals surface area contributed by atoms with E-state index < -0.39 is 17.9 Å². The van der Waals surface area contributed by atoms with Crippen LogP contribution in [-0.4, -0.2) is 59.2 Å². The molecule has 0 aromatic heterocycles. The number of amides is 3. The van der Waals surface area contributed by atoms with E-state index in [0.717, 1.165) is 0 Å². The number of nitrogens with zero attached hydrogens (tertiary/aromatic N) is 2. The summed E-state index contributed by atoms with van der Waals surface area (Å²) in [5.41, 5.74) is 7.42. The molecule has 0 spiro atoms. The van der Waals surface area contributed by atoms with Crippen molar-refractivity contribution < 1.29 is 18.8 Å². The zero-order valence-corrected chi connectivity index (χ0v) is 18.5. The highest BCUT2D eigenvalue weighted by Crippen LogP contribution is 2.32. The Morgan fingerprint density at radius 1 is 1.16 bits per heavy atom. The van der Waals surface area contributed by atoms with Crippen LogP contribution in [0.25, 0.3) is 11.1 Å². The van der Waals surface area contributed by atoms with Crippen molar-refractivity contribution in [1.82, 2.24) is 9.80 Å². The van der Waals surface area contributed by atoms with E-state index >= 15 is 0 Å². The monoisotopic (exact) mass is 458 g/mol. The van der Waals surface area contributed by atoms with Crippen molar-refractivity contribution in [3.05, 3.63) is 52.8 Å². The van der Waals surface area contributed by atoms with Gasteiger partial charge in [0, 0.05) is 23.7 Å². The molecule has 2 aliphatic rings. The van der Waals surface area contributed by atoms with Gasteiger partial charge in [0.1, 0.15) is 11.9 Å². The van der Waals surface area contributed by atoms with E-state index in [9.17, 15) is 18.8 Å². The minimum atomic E-state index is -0.831. The van der Waals surface area contributed by atoms with Crippen molar-refractivity contribution in [2.45, 2.75) is 25.9 Å². The molecular weight excluding hydrogens is 435 g/mol. The second kappa shape index (κ2) is 8.52. The molecule has 2 atom stereocenters. The van der Waals surface area contributed by atoms with Gasteiger partial charge in [-0.15, -0.1) is 0 Å². The van der Waals surface area contributed by atoms with Gasteiger partial charge < -0.3 is 20.9 Å². The van der Waals surface area contributed by atoms with E-state index in [1.54, 1.807) is 35.2 Å². The minimum Gasteiger partial charge on any atom is -0.337 e. The molecule has 0 bridgehead atoms. The van der Waals surface area contributed by atoms with Crippen LogP contribution in [-0.2, 0) is 9.59 Å². The molecule has 3 amide bonds. The van der Waals surface area contributed by atoms with Crippen LogP contribution in [0.1, 0.15) is 24.2 Å². The second-order valence-electron chi connectivity index (χ2n) is 8.44. The van der Waals surface area contributed by atoms with Crippen LogP contribution in [0.15, 0.2) is 36.4 Å². The summed E-state index contributed by atoms with van der Waals surface area (Å²) < 4.78 is 14.4. The van der Waals surface area contributed by atoms with E-state index in [0.29, 0.717) is 16.8 Å². The Labute approximate surface area is 190 Å². The highest BCUT2D eigenvalue weighted by molar-refractivity contribution is 6.30. The fourth-order valence-electron chi connectivity index (χ4n) is 4.04. The molecular formula is C23H24ClFN4O3. The van der Waals surface area contributed by atoms with Gasteiger partial charge in [-0.2, -0.15) is 0 Å². The van der Waals surface area contributed by atoms with E-state index in [-0.39, 0.29) is 53.9 Å². The molecule has 1 saturated heterocycles. The average Bonchev–Trinajstić information content (AvgIpc) is 2.87. The predicted octanol–water partition coefficient (Wildman–Crippen LogP) is 2.73. The molecule has 0 aliphatic carbocycles. The Morgan fingerprint density at radius 2 is 1.91 bits per heavy atom. The first-order valence-electron chi connectivity index (χ1n) is 10.4. The Kier molecular flexibility index (Phi) is 5.92. The van der Waals surface area contributed by atoms with Gasteiger partial charge in [-0.1, -0.05) is 31.5 Å². The number of hydrogen-bond donors (Lipinski definition) is 2. The van der Waals surface area contributed by atoms with Crippen LogP contribution in [0.2, 0.25) is 5.02 Å². The van der Waals surface area contributed by atoms with Gasteiger partial charge in [0.15, 0.2) is 0 Å². The van der Waals surface area contributed by atoms with Gasteiger partial charge in [0.25, 0.3) is 5.91 Å². The number of hydrogen-bond acceptors (Lipinski definition) is 4. The lowest BCUT2D eigenvalue weighted by Gasteiger charge is -2.40. The Morgan fingerprint density at radius 3 is 2.59 bits per heavy atom. The zero-order chi connectivity index (χ0) is 23.2. The molecule has 2 heterocycles. The molecule has 9 heteroatoms.